The number of alkyl carbamates (subject to hydrolysis) is 1. The van der Waals surface area contributed by atoms with Crippen LogP contribution in [0.1, 0.15) is 52.0 Å². The first-order chi connectivity index (χ1) is 17.2. The van der Waals surface area contributed by atoms with E-state index in [9.17, 15) is 14.4 Å². The highest BCUT2D eigenvalue weighted by atomic mass is 19.1. The summed E-state index contributed by atoms with van der Waals surface area (Å²) in [4.78, 5) is 16.7. The number of hydrogen-bond donors (Lipinski definition) is 3. The molecule has 36 heavy (non-hydrogen) atoms. The Morgan fingerprint density at radius 3 is 2.67 bits per heavy atom. The summed E-state index contributed by atoms with van der Waals surface area (Å²) < 4.78 is 21.9. The van der Waals surface area contributed by atoms with E-state index in [4.69, 9.17) is 4.74 Å². The Balaban J connectivity index is 1.54. The maximum Gasteiger partial charge on any atom is 0.407 e. The van der Waals surface area contributed by atoms with Crippen molar-refractivity contribution in [1.29, 1.82) is 5.26 Å². The predicted octanol–water partition coefficient (Wildman–Crippen LogP) is 4.66. The number of carbonyl (C=O) groups excluding carboxylic acids is 1. The van der Waals surface area contributed by atoms with Crippen LogP contribution in [0.15, 0.2) is 42.7 Å². The number of amides is 1. The van der Waals surface area contributed by atoms with Gasteiger partial charge in [-0.1, -0.05) is 24.1 Å². The van der Waals surface area contributed by atoms with Gasteiger partial charge in [0.05, 0.1) is 29.7 Å². The molecule has 0 spiro atoms. The van der Waals surface area contributed by atoms with Gasteiger partial charge in [0, 0.05) is 11.7 Å². The van der Waals surface area contributed by atoms with E-state index in [-0.39, 0.29) is 29.3 Å². The summed E-state index contributed by atoms with van der Waals surface area (Å²) in [5, 5.41) is 26.5. The molecule has 0 aliphatic heterocycles. The number of aromatic nitrogens is 4. The molecular formula is C25H29FN8O2. The molecule has 1 saturated carbocycles. The fraction of sp³-hybridized carbons (Fsp3) is 0.400. The van der Waals surface area contributed by atoms with Crippen LogP contribution in [0.25, 0.3) is 5.69 Å². The van der Waals surface area contributed by atoms with Gasteiger partial charge in [-0.25, -0.2) is 18.9 Å². The van der Waals surface area contributed by atoms with Crippen LogP contribution in [-0.2, 0) is 4.74 Å². The van der Waals surface area contributed by atoms with Crippen LogP contribution in [0.3, 0.4) is 0 Å². The minimum absolute atomic E-state index is 0.00631. The van der Waals surface area contributed by atoms with E-state index >= 15 is 0 Å². The Morgan fingerprint density at radius 1 is 1.19 bits per heavy atom. The summed E-state index contributed by atoms with van der Waals surface area (Å²) in [6, 6.07) is 9.95. The highest BCUT2D eigenvalue weighted by molar-refractivity contribution is 5.69. The van der Waals surface area contributed by atoms with Crippen LogP contribution in [0.5, 0.6) is 0 Å². The summed E-state index contributed by atoms with van der Waals surface area (Å²) in [6.45, 7) is 5.40. The maximum atomic E-state index is 14.9. The Kier molecular flexibility index (Phi) is 7.33. The second kappa shape index (κ2) is 10.6. The zero-order chi connectivity index (χ0) is 25.7. The number of nitrogens with one attached hydrogen (secondary N) is 3. The van der Waals surface area contributed by atoms with E-state index in [1.165, 1.54) is 0 Å². The number of pyridine rings is 1. The monoisotopic (exact) mass is 492 g/mol. The van der Waals surface area contributed by atoms with Crippen LogP contribution in [0.4, 0.5) is 26.5 Å². The van der Waals surface area contributed by atoms with E-state index in [1.54, 1.807) is 37.8 Å². The van der Waals surface area contributed by atoms with Gasteiger partial charge in [-0.3, -0.25) is 0 Å². The molecule has 0 bridgehead atoms. The van der Waals surface area contributed by atoms with Gasteiger partial charge in [0.2, 0.25) is 0 Å². The van der Waals surface area contributed by atoms with Crippen molar-refractivity contribution >= 4 is 23.4 Å². The third kappa shape index (κ3) is 6.27. The van der Waals surface area contributed by atoms with Crippen LogP contribution in [-0.4, -0.2) is 43.8 Å². The van der Waals surface area contributed by atoms with Crippen molar-refractivity contribution < 1.29 is 13.9 Å². The predicted molar refractivity (Wildman–Crippen MR) is 133 cm³/mol. The molecule has 11 heteroatoms. The summed E-state index contributed by atoms with van der Waals surface area (Å²) in [7, 11) is 0. The van der Waals surface area contributed by atoms with Crippen LogP contribution in [0, 0.1) is 17.1 Å². The molecule has 1 aromatic carbocycles. The molecule has 4 rings (SSSR count). The topological polar surface area (TPSA) is 130 Å². The van der Waals surface area contributed by atoms with Gasteiger partial charge in [-0.2, -0.15) is 5.26 Å². The van der Waals surface area contributed by atoms with E-state index in [2.05, 4.69) is 31.2 Å². The second-order valence-electron chi connectivity index (χ2n) is 9.64. The number of halogens is 1. The average Bonchev–Trinajstić information content (AvgIpc) is 3.36. The Morgan fingerprint density at radius 2 is 1.97 bits per heavy atom. The van der Waals surface area contributed by atoms with Gasteiger partial charge >= 0.3 is 6.09 Å². The van der Waals surface area contributed by atoms with Crippen molar-refractivity contribution in [2.24, 2.45) is 0 Å². The summed E-state index contributed by atoms with van der Waals surface area (Å²) in [5.41, 5.74) is 0.853. The van der Waals surface area contributed by atoms with Gasteiger partial charge in [-0.15, -0.1) is 5.10 Å². The Hall–Kier alpha value is -4.20. The van der Waals surface area contributed by atoms with E-state index in [0.717, 1.165) is 37.4 Å². The molecule has 2 atom stereocenters. The van der Waals surface area contributed by atoms with Crippen LogP contribution in [0.2, 0.25) is 0 Å². The zero-order valence-electron chi connectivity index (χ0n) is 20.5. The molecule has 188 valence electrons. The van der Waals surface area contributed by atoms with Gasteiger partial charge in [0.1, 0.15) is 11.7 Å². The summed E-state index contributed by atoms with van der Waals surface area (Å²) in [5.74, 6) is -0.425. The molecule has 0 unspecified atom stereocenters. The highest BCUT2D eigenvalue weighted by Crippen LogP contribution is 2.28. The lowest BCUT2D eigenvalue weighted by atomic mass is 9.90. The average molecular weight is 493 g/mol. The molecule has 0 radical (unpaired) electrons. The Labute approximate surface area is 208 Å². The van der Waals surface area contributed by atoms with E-state index in [1.807, 2.05) is 30.3 Å². The number of benzene rings is 1. The van der Waals surface area contributed by atoms with Gasteiger partial charge in [-0.05, 0) is 57.9 Å². The molecule has 1 fully saturated rings. The molecule has 1 aliphatic carbocycles. The second-order valence-corrected chi connectivity index (χ2v) is 9.64. The lowest BCUT2D eigenvalue weighted by Crippen LogP contribution is -2.50. The molecule has 0 saturated heterocycles. The fourth-order valence-corrected chi connectivity index (χ4v) is 4.09. The van der Waals surface area contributed by atoms with Gasteiger partial charge in [0.15, 0.2) is 17.5 Å². The molecule has 2 heterocycles. The van der Waals surface area contributed by atoms with Crippen molar-refractivity contribution in [2.45, 2.75) is 64.1 Å². The zero-order valence-corrected chi connectivity index (χ0v) is 20.5. The Bertz CT molecular complexity index is 1250. The normalized spacial score (nSPS) is 17.6. The van der Waals surface area contributed by atoms with E-state index < -0.39 is 17.5 Å². The third-order valence-corrected chi connectivity index (χ3v) is 5.68. The quantitative estimate of drug-likeness (QED) is 0.453. The van der Waals surface area contributed by atoms with Crippen molar-refractivity contribution in [1.82, 2.24) is 25.3 Å². The number of hydrogen-bond acceptors (Lipinski definition) is 8. The minimum atomic E-state index is -0.643. The molecule has 1 aliphatic rings. The third-order valence-electron chi connectivity index (χ3n) is 5.68. The molecular weight excluding hydrogens is 463 g/mol. The van der Waals surface area contributed by atoms with Gasteiger partial charge in [0.25, 0.3) is 0 Å². The van der Waals surface area contributed by atoms with Crippen LogP contribution < -0.4 is 16.0 Å². The van der Waals surface area contributed by atoms with Crippen molar-refractivity contribution in [3.63, 3.8) is 0 Å². The number of carbonyl (C=O) groups is 1. The largest absolute Gasteiger partial charge is 0.444 e. The van der Waals surface area contributed by atoms with E-state index in [0.29, 0.717) is 5.69 Å². The van der Waals surface area contributed by atoms with Crippen LogP contribution >= 0.6 is 0 Å². The molecule has 10 nitrogen and oxygen atoms in total. The number of rotatable bonds is 6. The first-order valence-electron chi connectivity index (χ1n) is 11.8. The van der Waals surface area contributed by atoms with Crippen molar-refractivity contribution in [3.05, 3.63) is 54.1 Å². The lowest BCUT2D eigenvalue weighted by molar-refractivity contribution is 0.0488. The molecule has 2 aromatic heterocycles. The number of nitriles is 1. The SMILES string of the molecule is CC(C)(C)OC(=O)N[C@H]1CCCC[C@H]1Nc1nc(Nc2cccc(-n3ccnn3)c2)c(C#N)cc1F. The number of ether oxygens (including phenoxy) is 1. The minimum Gasteiger partial charge on any atom is -0.444 e. The summed E-state index contributed by atoms with van der Waals surface area (Å²) >= 11 is 0. The summed E-state index contributed by atoms with van der Waals surface area (Å²) in [6.07, 6.45) is 6.11. The highest BCUT2D eigenvalue weighted by Gasteiger charge is 2.29. The lowest BCUT2D eigenvalue weighted by Gasteiger charge is -2.33. The van der Waals surface area contributed by atoms with Gasteiger partial charge < -0.3 is 20.7 Å². The molecule has 1 amide bonds. The number of anilines is 3. The molecule has 3 aromatic rings. The first kappa shape index (κ1) is 24.9. The number of nitrogens with zero attached hydrogens (tertiary/aromatic N) is 5. The fourth-order valence-electron chi connectivity index (χ4n) is 4.09. The van der Waals surface area contributed by atoms with Crippen molar-refractivity contribution in [3.8, 4) is 11.8 Å². The smallest absolute Gasteiger partial charge is 0.407 e. The molecule has 3 N–H and O–H groups in total. The standard InChI is InChI=1S/C25H29FN8O2/c1-25(2,3)36-24(35)31-21-10-5-4-9-20(21)30-23-19(26)13-16(15-27)22(32-23)29-17-7-6-8-18(14-17)34-12-11-28-33-34/h6-8,11-14,20-21H,4-5,9-10H2,1-3H3,(H,31,35)(H2,29,30,32)/t20-,21+/m1/s1. The maximum absolute atomic E-state index is 14.9. The van der Waals surface area contributed by atoms with Crippen molar-refractivity contribution in [2.75, 3.05) is 10.6 Å². The first-order valence-corrected chi connectivity index (χ1v) is 11.8.